The fourth-order valence-corrected chi connectivity index (χ4v) is 4.68. The van der Waals surface area contributed by atoms with E-state index in [1.54, 1.807) is 0 Å². The van der Waals surface area contributed by atoms with Gasteiger partial charge < -0.3 is 0 Å². The Morgan fingerprint density at radius 2 is 1.16 bits per heavy atom. The number of sulfone groups is 2. The fraction of sp³-hybridized carbons (Fsp3) is 0.200. The van der Waals surface area contributed by atoms with E-state index < -0.39 is 29.7 Å². The van der Waals surface area contributed by atoms with Crippen molar-refractivity contribution in [1.29, 1.82) is 0 Å². The van der Waals surface area contributed by atoms with Crippen LogP contribution in [0.3, 0.4) is 0 Å². The number of hydrogen-bond acceptors (Lipinski definition) is 6. The molecule has 0 amide bonds. The van der Waals surface area contributed by atoms with Crippen molar-refractivity contribution in [2.75, 3.05) is 23.9 Å². The number of rotatable bonds is 5. The average molecular weight is 404 g/mol. The molecule has 0 aliphatic heterocycles. The second-order valence-corrected chi connectivity index (χ2v) is 11.5. The largest absolute Gasteiger partial charge is 0.269 e. The third kappa shape index (κ3) is 4.20. The minimum absolute atomic E-state index is 0.0705. The van der Waals surface area contributed by atoms with Crippen LogP contribution in [0.5, 0.6) is 0 Å². The van der Waals surface area contributed by atoms with Crippen molar-refractivity contribution >= 4 is 35.4 Å². The molecule has 0 radical (unpaired) electrons. The van der Waals surface area contributed by atoms with Crippen LogP contribution in [0.4, 0.5) is 5.69 Å². The van der Waals surface area contributed by atoms with Gasteiger partial charge in [-0.15, -0.1) is 0 Å². The first-order chi connectivity index (χ1) is 11.3. The van der Waals surface area contributed by atoms with Gasteiger partial charge in [0.1, 0.15) is 0 Å². The van der Waals surface area contributed by atoms with E-state index in [4.69, 9.17) is 0 Å². The molecule has 10 heteroatoms. The Morgan fingerprint density at radius 1 is 0.680 bits per heavy atom. The number of hydrogen-bond donors (Lipinski definition) is 0. The predicted molar refractivity (Wildman–Crippen MR) is 94.7 cm³/mol. The highest BCUT2D eigenvalue weighted by molar-refractivity contribution is 7.93. The van der Waals surface area contributed by atoms with Gasteiger partial charge in [-0.3, -0.25) is 4.31 Å². The van der Waals surface area contributed by atoms with E-state index in [1.807, 2.05) is 0 Å². The first kappa shape index (κ1) is 19.4. The van der Waals surface area contributed by atoms with Gasteiger partial charge in [-0.2, -0.15) is 0 Å². The molecule has 2 aromatic carbocycles. The van der Waals surface area contributed by atoms with Crippen LogP contribution < -0.4 is 4.31 Å². The third-order valence-electron chi connectivity index (χ3n) is 3.52. The molecule has 0 saturated heterocycles. The maximum Gasteiger partial charge on any atom is 0.264 e. The maximum absolute atomic E-state index is 12.7. The molecule has 0 aromatic heterocycles. The summed E-state index contributed by atoms with van der Waals surface area (Å²) in [6.45, 7) is 0. The summed E-state index contributed by atoms with van der Waals surface area (Å²) in [5.74, 6) is 0. The van der Waals surface area contributed by atoms with E-state index >= 15 is 0 Å². The molecule has 25 heavy (non-hydrogen) atoms. The van der Waals surface area contributed by atoms with Crippen LogP contribution in [-0.2, 0) is 29.7 Å². The van der Waals surface area contributed by atoms with Crippen LogP contribution in [0.1, 0.15) is 0 Å². The Balaban J connectivity index is 2.46. The maximum atomic E-state index is 12.7. The summed E-state index contributed by atoms with van der Waals surface area (Å²) < 4.78 is 72.6. The van der Waals surface area contributed by atoms with E-state index in [-0.39, 0.29) is 20.4 Å². The van der Waals surface area contributed by atoms with Gasteiger partial charge in [0.15, 0.2) is 19.7 Å². The molecule has 0 saturated carbocycles. The van der Waals surface area contributed by atoms with Gasteiger partial charge in [0.05, 0.1) is 20.4 Å². The number of benzene rings is 2. The number of anilines is 1. The lowest BCUT2D eigenvalue weighted by atomic mass is 10.3. The molecule has 0 unspecified atom stereocenters. The van der Waals surface area contributed by atoms with Crippen molar-refractivity contribution in [3.05, 3.63) is 48.5 Å². The lowest BCUT2D eigenvalue weighted by Gasteiger charge is -2.20. The van der Waals surface area contributed by atoms with Crippen molar-refractivity contribution in [1.82, 2.24) is 0 Å². The second-order valence-electron chi connectivity index (χ2n) is 5.49. The van der Waals surface area contributed by atoms with Gasteiger partial charge in [0.2, 0.25) is 0 Å². The lowest BCUT2D eigenvalue weighted by Crippen LogP contribution is -2.26. The summed E-state index contributed by atoms with van der Waals surface area (Å²) in [4.78, 5) is -0.208. The molecule has 2 aromatic rings. The molecular formula is C15H17NO6S3. The van der Waals surface area contributed by atoms with Crippen molar-refractivity contribution in [2.45, 2.75) is 14.7 Å². The Kier molecular flexibility index (Phi) is 4.99. The van der Waals surface area contributed by atoms with Gasteiger partial charge in [-0.25, -0.2) is 25.3 Å². The lowest BCUT2D eigenvalue weighted by molar-refractivity contribution is 0.593. The quantitative estimate of drug-likeness (QED) is 0.745. The molecule has 0 N–H and O–H groups in total. The molecule has 7 nitrogen and oxygen atoms in total. The van der Waals surface area contributed by atoms with Crippen LogP contribution in [0.2, 0.25) is 0 Å². The minimum Gasteiger partial charge on any atom is -0.269 e. The topological polar surface area (TPSA) is 106 Å². The highest BCUT2D eigenvalue weighted by Crippen LogP contribution is 2.25. The average Bonchev–Trinajstić information content (AvgIpc) is 2.52. The van der Waals surface area contributed by atoms with Gasteiger partial charge in [0.25, 0.3) is 10.0 Å². The smallest absolute Gasteiger partial charge is 0.264 e. The first-order valence-electron chi connectivity index (χ1n) is 6.92. The van der Waals surface area contributed by atoms with Gasteiger partial charge in [0, 0.05) is 19.6 Å². The van der Waals surface area contributed by atoms with Gasteiger partial charge in [-0.1, -0.05) is 6.07 Å². The molecule has 0 spiro atoms. The van der Waals surface area contributed by atoms with E-state index in [0.29, 0.717) is 0 Å². The Labute approximate surface area is 147 Å². The Hall–Kier alpha value is -1.91. The minimum atomic E-state index is -4.00. The van der Waals surface area contributed by atoms with Crippen molar-refractivity contribution in [3.63, 3.8) is 0 Å². The van der Waals surface area contributed by atoms with Crippen molar-refractivity contribution < 1.29 is 25.3 Å². The summed E-state index contributed by atoms with van der Waals surface area (Å²) in [7, 11) is -9.64. The van der Waals surface area contributed by atoms with Crippen LogP contribution in [0, 0.1) is 0 Å². The zero-order chi connectivity index (χ0) is 19.0. The second kappa shape index (κ2) is 6.43. The van der Waals surface area contributed by atoms with Crippen LogP contribution in [0.25, 0.3) is 0 Å². The molecule has 0 fully saturated rings. The first-order valence-corrected chi connectivity index (χ1v) is 12.1. The molecule has 0 atom stereocenters. The molecule has 0 heterocycles. The van der Waals surface area contributed by atoms with Crippen molar-refractivity contribution in [3.8, 4) is 0 Å². The summed E-state index contributed by atoms with van der Waals surface area (Å²) in [5, 5.41) is 0. The Bertz CT molecular complexity index is 1100. The summed E-state index contributed by atoms with van der Waals surface area (Å²) in [5.41, 5.74) is 0.247. The molecule has 0 aliphatic rings. The summed E-state index contributed by atoms with van der Waals surface area (Å²) in [6, 6.07) is 10.4. The van der Waals surface area contributed by atoms with Crippen LogP contribution >= 0.6 is 0 Å². The zero-order valence-electron chi connectivity index (χ0n) is 13.7. The summed E-state index contributed by atoms with van der Waals surface area (Å²) >= 11 is 0. The highest BCUT2D eigenvalue weighted by Gasteiger charge is 2.23. The Morgan fingerprint density at radius 3 is 1.64 bits per heavy atom. The normalized spacial score (nSPS) is 12.8. The van der Waals surface area contributed by atoms with E-state index in [1.165, 1.54) is 49.5 Å². The van der Waals surface area contributed by atoms with Crippen molar-refractivity contribution in [2.24, 2.45) is 0 Å². The van der Waals surface area contributed by atoms with Crippen LogP contribution in [0.15, 0.2) is 63.2 Å². The molecule has 2 rings (SSSR count). The molecule has 136 valence electrons. The van der Waals surface area contributed by atoms with Crippen LogP contribution in [-0.4, -0.2) is 44.8 Å². The number of sulfonamides is 1. The number of nitrogens with zero attached hydrogens (tertiary/aromatic N) is 1. The van der Waals surface area contributed by atoms with E-state index in [9.17, 15) is 25.3 Å². The monoisotopic (exact) mass is 403 g/mol. The third-order valence-corrected chi connectivity index (χ3v) is 7.54. The zero-order valence-corrected chi connectivity index (χ0v) is 16.2. The fourth-order valence-electron chi connectivity index (χ4n) is 2.07. The predicted octanol–water partition coefficient (Wildman–Crippen LogP) is 1.32. The SMILES string of the molecule is CN(c1ccc(S(C)(=O)=O)cc1)S(=O)(=O)c1cccc(S(C)(=O)=O)c1. The van der Waals surface area contributed by atoms with E-state index in [2.05, 4.69) is 0 Å². The standard InChI is InChI=1S/C15H17NO6S3/c1-16(12-7-9-13(10-8-12)23(2,17)18)25(21,22)15-6-4-5-14(11-15)24(3,19)20/h4-11H,1-3H3. The molecular weight excluding hydrogens is 386 g/mol. The van der Waals surface area contributed by atoms with Gasteiger partial charge in [-0.05, 0) is 42.5 Å². The van der Waals surface area contributed by atoms with Gasteiger partial charge >= 0.3 is 0 Å². The highest BCUT2D eigenvalue weighted by atomic mass is 32.2. The molecule has 0 aliphatic carbocycles. The van der Waals surface area contributed by atoms with E-state index in [0.717, 1.165) is 22.9 Å². The summed E-state index contributed by atoms with van der Waals surface area (Å²) in [6.07, 6.45) is 2.05. The molecule has 0 bridgehead atoms.